The first-order valence-corrected chi connectivity index (χ1v) is 8.52. The van der Waals surface area contributed by atoms with Crippen LogP contribution in [0.25, 0.3) is 0 Å². The largest absolute Gasteiger partial charge is 0.493 e. The van der Waals surface area contributed by atoms with E-state index in [4.69, 9.17) is 9.47 Å². The lowest BCUT2D eigenvalue weighted by atomic mass is 9.98. The Labute approximate surface area is 172 Å². The first-order chi connectivity index (χ1) is 12.1. The predicted molar refractivity (Wildman–Crippen MR) is 114 cm³/mol. The van der Waals surface area contributed by atoms with E-state index >= 15 is 0 Å². The first-order valence-electron chi connectivity index (χ1n) is 8.52. The van der Waals surface area contributed by atoms with Crippen LogP contribution in [0, 0.1) is 0 Å². The van der Waals surface area contributed by atoms with Gasteiger partial charge < -0.3 is 25.0 Å². The van der Waals surface area contributed by atoms with Crippen molar-refractivity contribution in [2.24, 2.45) is 4.99 Å². The standard InChI is InChI=1S/C18H28N4O3.HI/c1-19-18(20-2)21-8-5-6-17(23)22-9-7-13-10-15(24-3)16(25-4)11-14(13)12-22;/h10-11H,5-9,12H2,1-4H3,(H2,19,20,21);1H. The van der Waals surface area contributed by atoms with Crippen LogP contribution in [0.1, 0.15) is 24.0 Å². The lowest BCUT2D eigenvalue weighted by molar-refractivity contribution is -0.132. The minimum atomic E-state index is 0. The third-order valence-electron chi connectivity index (χ3n) is 4.39. The highest BCUT2D eigenvalue weighted by molar-refractivity contribution is 14.0. The van der Waals surface area contributed by atoms with Gasteiger partial charge in [0.1, 0.15) is 0 Å². The number of nitrogens with one attached hydrogen (secondary N) is 2. The summed E-state index contributed by atoms with van der Waals surface area (Å²) in [5.74, 6) is 2.37. The molecule has 1 aromatic rings. The molecule has 0 bridgehead atoms. The normalized spacial score (nSPS) is 13.4. The van der Waals surface area contributed by atoms with Gasteiger partial charge in [0.15, 0.2) is 17.5 Å². The fraction of sp³-hybridized carbons (Fsp3) is 0.556. The number of ether oxygens (including phenoxy) is 2. The number of aliphatic imine (C=N–C) groups is 1. The number of fused-ring (bicyclic) bond motifs is 1. The number of guanidine groups is 1. The molecular formula is C18H29IN4O3. The van der Waals surface area contributed by atoms with Crippen LogP contribution in [0.4, 0.5) is 0 Å². The van der Waals surface area contributed by atoms with Gasteiger partial charge in [-0.2, -0.15) is 0 Å². The van der Waals surface area contributed by atoms with Crippen molar-refractivity contribution < 1.29 is 14.3 Å². The Balaban J connectivity index is 0.00000338. The Bertz CT molecular complexity index is 637. The number of amides is 1. The number of hydrogen-bond donors (Lipinski definition) is 2. The van der Waals surface area contributed by atoms with E-state index in [2.05, 4.69) is 15.6 Å². The van der Waals surface area contributed by atoms with E-state index in [1.165, 1.54) is 5.56 Å². The van der Waals surface area contributed by atoms with Gasteiger partial charge in [-0.25, -0.2) is 0 Å². The number of nitrogens with zero attached hydrogens (tertiary/aromatic N) is 2. The van der Waals surface area contributed by atoms with Crippen LogP contribution in [0.5, 0.6) is 11.5 Å². The average molecular weight is 476 g/mol. The Kier molecular flexibility index (Phi) is 9.53. The molecule has 2 rings (SSSR count). The molecule has 7 nitrogen and oxygen atoms in total. The number of halogens is 1. The number of rotatable bonds is 6. The molecule has 0 fully saturated rings. The van der Waals surface area contributed by atoms with Gasteiger partial charge in [0.05, 0.1) is 14.2 Å². The lowest BCUT2D eigenvalue weighted by Gasteiger charge is -2.29. The van der Waals surface area contributed by atoms with Gasteiger partial charge in [-0.3, -0.25) is 9.79 Å². The molecule has 1 amide bonds. The molecule has 1 aliphatic rings. The Morgan fingerprint density at radius 3 is 2.46 bits per heavy atom. The zero-order valence-electron chi connectivity index (χ0n) is 15.9. The average Bonchev–Trinajstić information content (AvgIpc) is 2.66. The molecule has 2 N–H and O–H groups in total. The molecule has 0 saturated carbocycles. The third-order valence-corrected chi connectivity index (χ3v) is 4.39. The second-order valence-electron chi connectivity index (χ2n) is 5.89. The molecule has 0 atom stereocenters. The summed E-state index contributed by atoms with van der Waals surface area (Å²) in [4.78, 5) is 18.4. The van der Waals surface area contributed by atoms with Crippen LogP contribution in [0.2, 0.25) is 0 Å². The summed E-state index contributed by atoms with van der Waals surface area (Å²) in [7, 11) is 6.80. The molecule has 1 heterocycles. The van der Waals surface area contributed by atoms with Crippen LogP contribution in [0.3, 0.4) is 0 Å². The molecule has 26 heavy (non-hydrogen) atoms. The third kappa shape index (κ3) is 5.65. The number of carbonyl (C=O) groups is 1. The fourth-order valence-electron chi connectivity index (χ4n) is 2.98. The lowest BCUT2D eigenvalue weighted by Crippen LogP contribution is -2.37. The molecule has 8 heteroatoms. The minimum Gasteiger partial charge on any atom is -0.493 e. The summed E-state index contributed by atoms with van der Waals surface area (Å²) >= 11 is 0. The van der Waals surface area contributed by atoms with E-state index in [-0.39, 0.29) is 29.9 Å². The van der Waals surface area contributed by atoms with Gasteiger partial charge >= 0.3 is 0 Å². The smallest absolute Gasteiger partial charge is 0.222 e. The van der Waals surface area contributed by atoms with Crippen LogP contribution in [-0.2, 0) is 17.8 Å². The van der Waals surface area contributed by atoms with Gasteiger partial charge in [-0.05, 0) is 36.1 Å². The number of methoxy groups -OCH3 is 2. The summed E-state index contributed by atoms with van der Waals surface area (Å²) in [5.41, 5.74) is 2.35. The van der Waals surface area contributed by atoms with E-state index < -0.39 is 0 Å². The molecule has 0 radical (unpaired) electrons. The van der Waals surface area contributed by atoms with Gasteiger partial charge in [-0.15, -0.1) is 24.0 Å². The van der Waals surface area contributed by atoms with Crippen LogP contribution >= 0.6 is 24.0 Å². The summed E-state index contributed by atoms with van der Waals surface area (Å²) in [6, 6.07) is 4.00. The highest BCUT2D eigenvalue weighted by Crippen LogP contribution is 2.33. The van der Waals surface area contributed by atoms with Gasteiger partial charge in [-0.1, -0.05) is 0 Å². The SMILES string of the molecule is CN=C(NC)NCCCC(=O)N1CCc2cc(OC)c(OC)cc2C1.I. The summed E-state index contributed by atoms with van der Waals surface area (Å²) in [6.07, 6.45) is 2.14. The summed E-state index contributed by atoms with van der Waals surface area (Å²) < 4.78 is 10.7. The molecule has 0 aliphatic carbocycles. The molecule has 146 valence electrons. The Morgan fingerprint density at radius 1 is 1.23 bits per heavy atom. The molecule has 1 aromatic carbocycles. The maximum absolute atomic E-state index is 12.5. The van der Waals surface area contributed by atoms with Gasteiger partial charge in [0.2, 0.25) is 5.91 Å². The highest BCUT2D eigenvalue weighted by Gasteiger charge is 2.22. The zero-order valence-corrected chi connectivity index (χ0v) is 18.3. The van der Waals surface area contributed by atoms with E-state index in [9.17, 15) is 4.79 Å². The highest BCUT2D eigenvalue weighted by atomic mass is 127. The Morgan fingerprint density at radius 2 is 1.88 bits per heavy atom. The minimum absolute atomic E-state index is 0. The molecule has 0 unspecified atom stereocenters. The number of carbonyl (C=O) groups excluding carboxylic acids is 1. The second-order valence-corrected chi connectivity index (χ2v) is 5.89. The molecular weight excluding hydrogens is 447 g/mol. The molecule has 1 aliphatic heterocycles. The predicted octanol–water partition coefficient (Wildman–Crippen LogP) is 1.78. The van der Waals surface area contributed by atoms with Crippen molar-refractivity contribution in [2.75, 3.05) is 41.4 Å². The van der Waals surface area contributed by atoms with Crippen LogP contribution in [0.15, 0.2) is 17.1 Å². The first kappa shape index (κ1) is 22.3. The summed E-state index contributed by atoms with van der Waals surface area (Å²) in [6.45, 7) is 2.09. The van der Waals surface area contributed by atoms with Crippen molar-refractivity contribution in [2.45, 2.75) is 25.8 Å². The molecule has 0 aromatic heterocycles. The molecule has 0 spiro atoms. The maximum atomic E-state index is 12.5. The molecule has 0 saturated heterocycles. The van der Waals surface area contributed by atoms with Crippen molar-refractivity contribution in [3.05, 3.63) is 23.3 Å². The van der Waals surface area contributed by atoms with Crippen molar-refractivity contribution in [3.8, 4) is 11.5 Å². The monoisotopic (exact) mass is 476 g/mol. The number of hydrogen-bond acceptors (Lipinski definition) is 4. The quantitative estimate of drug-likeness (QED) is 0.284. The van der Waals surface area contributed by atoms with Crippen LogP contribution < -0.4 is 20.1 Å². The van der Waals surface area contributed by atoms with Crippen molar-refractivity contribution in [3.63, 3.8) is 0 Å². The van der Waals surface area contributed by atoms with E-state index in [0.29, 0.717) is 25.3 Å². The van der Waals surface area contributed by atoms with Gasteiger partial charge in [0, 0.05) is 40.2 Å². The van der Waals surface area contributed by atoms with E-state index in [0.717, 1.165) is 36.7 Å². The Hall–Kier alpha value is -1.71. The number of benzene rings is 1. The topological polar surface area (TPSA) is 75.2 Å². The fourth-order valence-corrected chi connectivity index (χ4v) is 2.98. The van der Waals surface area contributed by atoms with Crippen molar-refractivity contribution in [1.82, 2.24) is 15.5 Å². The zero-order chi connectivity index (χ0) is 18.2. The van der Waals surface area contributed by atoms with E-state index in [1.807, 2.05) is 24.1 Å². The van der Waals surface area contributed by atoms with Gasteiger partial charge in [0.25, 0.3) is 0 Å². The van der Waals surface area contributed by atoms with Crippen molar-refractivity contribution >= 4 is 35.8 Å². The van der Waals surface area contributed by atoms with E-state index in [1.54, 1.807) is 21.3 Å². The second kappa shape index (κ2) is 11.1. The van der Waals surface area contributed by atoms with Crippen molar-refractivity contribution in [1.29, 1.82) is 0 Å². The summed E-state index contributed by atoms with van der Waals surface area (Å²) in [5, 5.41) is 6.11. The maximum Gasteiger partial charge on any atom is 0.222 e. The van der Waals surface area contributed by atoms with Crippen LogP contribution in [-0.4, -0.2) is 58.2 Å².